The summed E-state index contributed by atoms with van der Waals surface area (Å²) in [6, 6.07) is 11.9. The molecule has 0 aliphatic carbocycles. The average Bonchev–Trinajstić information content (AvgIpc) is 2.52. The lowest BCUT2D eigenvalue weighted by atomic mass is 10.0. The van der Waals surface area contributed by atoms with E-state index in [-0.39, 0.29) is 17.9 Å². The van der Waals surface area contributed by atoms with Gasteiger partial charge in [-0.2, -0.15) is 0 Å². The summed E-state index contributed by atoms with van der Waals surface area (Å²) in [6.45, 7) is 12.6. The summed E-state index contributed by atoms with van der Waals surface area (Å²) in [6.07, 6.45) is 0. The summed E-state index contributed by atoms with van der Waals surface area (Å²) in [4.78, 5) is 12.6. The van der Waals surface area contributed by atoms with Crippen LogP contribution in [0.1, 0.15) is 41.7 Å². The standard InChI is InChI=1S/C22H29NO2/c1-14(2)21(23-19-9-7-15(3)8-10-19)22(24)25-13-20-17(5)11-16(4)12-18(20)6/h7-12,14,21,23H,13H2,1-6H3/t21-/m0/s1. The molecule has 1 N–H and O–H groups in total. The molecular weight excluding hydrogens is 310 g/mol. The van der Waals surface area contributed by atoms with Crippen molar-refractivity contribution in [3.63, 3.8) is 0 Å². The minimum atomic E-state index is -0.367. The number of rotatable bonds is 6. The number of anilines is 1. The van der Waals surface area contributed by atoms with Crippen LogP contribution in [0.25, 0.3) is 0 Å². The fraction of sp³-hybridized carbons (Fsp3) is 0.409. The van der Waals surface area contributed by atoms with Gasteiger partial charge in [-0.3, -0.25) is 0 Å². The van der Waals surface area contributed by atoms with Crippen molar-refractivity contribution in [2.24, 2.45) is 5.92 Å². The van der Waals surface area contributed by atoms with Crippen LogP contribution in [0.4, 0.5) is 5.69 Å². The van der Waals surface area contributed by atoms with Crippen LogP contribution >= 0.6 is 0 Å². The molecule has 0 bridgehead atoms. The van der Waals surface area contributed by atoms with Gasteiger partial charge in [0.2, 0.25) is 0 Å². The first-order valence-electron chi connectivity index (χ1n) is 8.84. The minimum Gasteiger partial charge on any atom is -0.459 e. The highest BCUT2D eigenvalue weighted by Gasteiger charge is 2.24. The summed E-state index contributed by atoms with van der Waals surface area (Å²) in [5, 5.41) is 3.31. The fourth-order valence-electron chi connectivity index (χ4n) is 3.00. The molecule has 0 amide bonds. The molecule has 0 fully saturated rings. The maximum Gasteiger partial charge on any atom is 0.329 e. The number of benzene rings is 2. The summed E-state index contributed by atoms with van der Waals surface area (Å²) in [5.41, 5.74) is 6.78. The van der Waals surface area contributed by atoms with E-state index in [1.165, 1.54) is 11.1 Å². The first-order chi connectivity index (χ1) is 11.8. The Labute approximate surface area is 151 Å². The third-order valence-corrected chi connectivity index (χ3v) is 4.49. The average molecular weight is 339 g/mol. The number of hydrogen-bond donors (Lipinski definition) is 1. The van der Waals surface area contributed by atoms with Crippen molar-refractivity contribution in [3.8, 4) is 0 Å². The van der Waals surface area contributed by atoms with Gasteiger partial charge < -0.3 is 10.1 Å². The highest BCUT2D eigenvalue weighted by atomic mass is 16.5. The van der Waals surface area contributed by atoms with E-state index in [0.29, 0.717) is 6.61 Å². The van der Waals surface area contributed by atoms with Crippen LogP contribution < -0.4 is 5.32 Å². The summed E-state index contributed by atoms with van der Waals surface area (Å²) in [7, 11) is 0. The molecule has 0 aliphatic rings. The Balaban J connectivity index is 2.07. The van der Waals surface area contributed by atoms with Crippen molar-refractivity contribution in [3.05, 3.63) is 64.2 Å². The predicted molar refractivity (Wildman–Crippen MR) is 104 cm³/mol. The molecule has 0 saturated carbocycles. The number of hydrogen-bond acceptors (Lipinski definition) is 3. The molecule has 25 heavy (non-hydrogen) atoms. The first-order valence-corrected chi connectivity index (χ1v) is 8.84. The second-order valence-corrected chi connectivity index (χ2v) is 7.22. The van der Waals surface area contributed by atoms with Crippen LogP contribution in [-0.2, 0) is 16.1 Å². The smallest absolute Gasteiger partial charge is 0.329 e. The van der Waals surface area contributed by atoms with Crippen molar-refractivity contribution in [1.29, 1.82) is 0 Å². The number of carbonyl (C=O) groups is 1. The van der Waals surface area contributed by atoms with E-state index < -0.39 is 0 Å². The van der Waals surface area contributed by atoms with Crippen LogP contribution in [0.5, 0.6) is 0 Å². The van der Waals surface area contributed by atoms with Gasteiger partial charge in [-0.05, 0) is 62.4 Å². The molecule has 2 aromatic carbocycles. The van der Waals surface area contributed by atoms with Crippen LogP contribution in [0.3, 0.4) is 0 Å². The topological polar surface area (TPSA) is 38.3 Å². The molecule has 3 nitrogen and oxygen atoms in total. The monoisotopic (exact) mass is 339 g/mol. The van der Waals surface area contributed by atoms with E-state index >= 15 is 0 Å². The minimum absolute atomic E-state index is 0.133. The molecule has 0 heterocycles. The van der Waals surface area contributed by atoms with Crippen molar-refractivity contribution in [2.75, 3.05) is 5.32 Å². The van der Waals surface area contributed by atoms with Crippen molar-refractivity contribution < 1.29 is 9.53 Å². The Hall–Kier alpha value is -2.29. The fourth-order valence-corrected chi connectivity index (χ4v) is 3.00. The molecule has 0 aliphatic heterocycles. The Morgan fingerprint density at radius 1 is 0.960 bits per heavy atom. The lowest BCUT2D eigenvalue weighted by molar-refractivity contribution is -0.146. The quantitative estimate of drug-likeness (QED) is 0.744. The summed E-state index contributed by atoms with van der Waals surface area (Å²) in [5.74, 6) is -0.0797. The van der Waals surface area contributed by atoms with E-state index in [1.807, 2.05) is 45.0 Å². The molecule has 134 valence electrons. The molecule has 3 heteroatoms. The van der Waals surface area contributed by atoms with Gasteiger partial charge in [-0.15, -0.1) is 0 Å². The molecule has 2 aromatic rings. The molecule has 0 saturated heterocycles. The van der Waals surface area contributed by atoms with Crippen molar-refractivity contribution in [2.45, 2.75) is 54.2 Å². The number of ether oxygens (including phenoxy) is 1. The lowest BCUT2D eigenvalue weighted by Crippen LogP contribution is -2.36. The Bertz CT molecular complexity index is 709. The van der Waals surface area contributed by atoms with E-state index in [0.717, 1.165) is 22.4 Å². The third kappa shape index (κ3) is 5.09. The van der Waals surface area contributed by atoms with Gasteiger partial charge in [-0.1, -0.05) is 49.2 Å². The van der Waals surface area contributed by atoms with E-state index in [1.54, 1.807) is 0 Å². The zero-order valence-corrected chi connectivity index (χ0v) is 16.1. The third-order valence-electron chi connectivity index (χ3n) is 4.49. The second kappa shape index (κ2) is 8.19. The molecule has 0 radical (unpaired) electrons. The first kappa shape index (κ1) is 19.0. The van der Waals surface area contributed by atoms with Crippen LogP contribution in [0.2, 0.25) is 0 Å². The molecular formula is C22H29NO2. The lowest BCUT2D eigenvalue weighted by Gasteiger charge is -2.22. The molecule has 0 unspecified atom stereocenters. The predicted octanol–water partition coefficient (Wildman–Crippen LogP) is 5.10. The van der Waals surface area contributed by atoms with Crippen LogP contribution in [0, 0.1) is 33.6 Å². The van der Waals surface area contributed by atoms with E-state index in [4.69, 9.17) is 4.74 Å². The van der Waals surface area contributed by atoms with Gasteiger partial charge in [0.15, 0.2) is 0 Å². The molecule has 2 rings (SSSR count). The maximum atomic E-state index is 12.6. The van der Waals surface area contributed by atoms with Gasteiger partial charge >= 0.3 is 5.97 Å². The van der Waals surface area contributed by atoms with Gasteiger partial charge in [-0.25, -0.2) is 4.79 Å². The largest absolute Gasteiger partial charge is 0.459 e. The van der Waals surface area contributed by atoms with Gasteiger partial charge in [0, 0.05) is 5.69 Å². The Morgan fingerprint density at radius 3 is 2.04 bits per heavy atom. The van der Waals surface area contributed by atoms with Gasteiger partial charge in [0.1, 0.15) is 12.6 Å². The number of aryl methyl sites for hydroxylation is 4. The van der Waals surface area contributed by atoms with Crippen LogP contribution in [0.15, 0.2) is 36.4 Å². The summed E-state index contributed by atoms with van der Waals surface area (Å²) >= 11 is 0. The SMILES string of the molecule is Cc1ccc(N[C@H](C(=O)OCc2c(C)cc(C)cc2C)C(C)C)cc1. The van der Waals surface area contributed by atoms with Crippen LogP contribution in [-0.4, -0.2) is 12.0 Å². The van der Waals surface area contributed by atoms with Crippen molar-refractivity contribution in [1.82, 2.24) is 0 Å². The zero-order chi connectivity index (χ0) is 18.6. The highest BCUT2D eigenvalue weighted by Crippen LogP contribution is 2.19. The Morgan fingerprint density at radius 2 is 1.52 bits per heavy atom. The molecule has 1 atom stereocenters. The number of carbonyl (C=O) groups excluding carboxylic acids is 1. The van der Waals surface area contributed by atoms with Gasteiger partial charge in [0.25, 0.3) is 0 Å². The van der Waals surface area contributed by atoms with Crippen molar-refractivity contribution >= 4 is 11.7 Å². The van der Waals surface area contributed by atoms with Gasteiger partial charge in [0.05, 0.1) is 0 Å². The van der Waals surface area contributed by atoms with E-state index in [9.17, 15) is 4.79 Å². The maximum absolute atomic E-state index is 12.6. The normalized spacial score (nSPS) is 12.1. The zero-order valence-electron chi connectivity index (χ0n) is 16.1. The highest BCUT2D eigenvalue weighted by molar-refractivity contribution is 5.79. The number of esters is 1. The Kier molecular flexibility index (Phi) is 6.24. The second-order valence-electron chi connectivity index (χ2n) is 7.22. The molecule has 0 aromatic heterocycles. The van der Waals surface area contributed by atoms with E-state index in [2.05, 4.69) is 38.2 Å². The molecule has 0 spiro atoms. The number of nitrogens with one attached hydrogen (secondary N) is 1. The summed E-state index contributed by atoms with van der Waals surface area (Å²) < 4.78 is 5.65.